The zero-order valence-corrected chi connectivity index (χ0v) is 9.47. The van der Waals surface area contributed by atoms with Crippen molar-refractivity contribution in [3.63, 3.8) is 0 Å². The smallest absolute Gasteiger partial charge is 0.259 e. The zero-order valence-electron chi connectivity index (χ0n) is 8.65. The molecule has 0 saturated carbocycles. The van der Waals surface area contributed by atoms with E-state index >= 15 is 0 Å². The lowest BCUT2D eigenvalue weighted by Gasteiger charge is -2.22. The minimum atomic E-state index is -3.47. The van der Waals surface area contributed by atoms with E-state index in [4.69, 9.17) is 4.74 Å². The molecule has 0 aliphatic carbocycles. The molecule has 0 aromatic carbocycles. The third-order valence-corrected chi connectivity index (χ3v) is 2.63. The molecule has 0 radical (unpaired) electrons. The Bertz CT molecular complexity index is 309. The van der Waals surface area contributed by atoms with Crippen LogP contribution in [0.5, 0.6) is 0 Å². The molecule has 0 bridgehead atoms. The van der Waals surface area contributed by atoms with Crippen LogP contribution in [0.2, 0.25) is 0 Å². The second kappa shape index (κ2) is 5.43. The lowest BCUT2D eigenvalue weighted by Crippen LogP contribution is -2.37. The van der Waals surface area contributed by atoms with Crippen LogP contribution in [0.4, 0.5) is 0 Å². The second-order valence-electron chi connectivity index (χ2n) is 3.56. The topological polar surface area (TPSA) is 84.5 Å². The third-order valence-electron chi connectivity index (χ3n) is 2.04. The molecule has 1 heterocycles. The molecule has 0 aromatic rings. The van der Waals surface area contributed by atoms with Crippen LogP contribution < -0.4 is 10.0 Å². The number of ether oxygens (including phenoxy) is 1. The van der Waals surface area contributed by atoms with Crippen LogP contribution in [0.3, 0.4) is 0 Å². The predicted octanol–water partition coefficient (Wildman–Crippen LogP) is -1.17. The average Bonchev–Trinajstić information content (AvgIpc) is 2.14. The van der Waals surface area contributed by atoms with Crippen molar-refractivity contribution in [2.24, 2.45) is 0 Å². The molecule has 1 saturated heterocycles. The number of sulfonamides is 1. The first-order valence-electron chi connectivity index (χ1n) is 4.80. The molecule has 1 rings (SSSR count). The maximum absolute atomic E-state index is 11.1. The molecule has 0 unspecified atom stereocenters. The highest BCUT2D eigenvalue weighted by Gasteiger charge is 2.15. The Morgan fingerprint density at radius 3 is 2.60 bits per heavy atom. The van der Waals surface area contributed by atoms with Crippen molar-refractivity contribution >= 4 is 15.9 Å². The number of piperidine rings is 1. The number of amides is 1. The first-order chi connectivity index (χ1) is 6.97. The van der Waals surface area contributed by atoms with E-state index in [-0.39, 0.29) is 12.7 Å². The fourth-order valence-corrected chi connectivity index (χ4v) is 1.86. The van der Waals surface area contributed by atoms with E-state index < -0.39 is 15.9 Å². The van der Waals surface area contributed by atoms with Gasteiger partial charge in [0.2, 0.25) is 10.0 Å². The van der Waals surface area contributed by atoms with Crippen LogP contribution in [0.1, 0.15) is 12.8 Å². The van der Waals surface area contributed by atoms with Gasteiger partial charge in [-0.3, -0.25) is 9.52 Å². The van der Waals surface area contributed by atoms with Gasteiger partial charge in [0, 0.05) is 0 Å². The molecular formula is C8H16N2O4S. The van der Waals surface area contributed by atoms with Crippen molar-refractivity contribution in [3.8, 4) is 0 Å². The summed E-state index contributed by atoms with van der Waals surface area (Å²) in [6.07, 6.45) is 2.70. The van der Waals surface area contributed by atoms with E-state index in [1.165, 1.54) is 0 Å². The van der Waals surface area contributed by atoms with E-state index in [0.717, 1.165) is 32.2 Å². The van der Waals surface area contributed by atoms with Crippen LogP contribution in [-0.2, 0) is 19.6 Å². The fraction of sp³-hybridized carbons (Fsp3) is 0.875. The van der Waals surface area contributed by atoms with Crippen molar-refractivity contribution in [2.45, 2.75) is 18.9 Å². The summed E-state index contributed by atoms with van der Waals surface area (Å²) in [5, 5.41) is 3.16. The number of hydrogen-bond acceptors (Lipinski definition) is 5. The van der Waals surface area contributed by atoms with Gasteiger partial charge in [0.1, 0.15) is 6.61 Å². The van der Waals surface area contributed by atoms with Gasteiger partial charge in [-0.1, -0.05) is 0 Å². The number of nitrogens with one attached hydrogen (secondary N) is 2. The van der Waals surface area contributed by atoms with Crippen LogP contribution in [0.25, 0.3) is 0 Å². The van der Waals surface area contributed by atoms with Crippen molar-refractivity contribution in [3.05, 3.63) is 0 Å². The highest BCUT2D eigenvalue weighted by atomic mass is 32.2. The van der Waals surface area contributed by atoms with Crippen molar-refractivity contribution in [2.75, 3.05) is 26.0 Å². The summed E-state index contributed by atoms with van der Waals surface area (Å²) in [5.41, 5.74) is 0. The van der Waals surface area contributed by atoms with E-state index in [1.807, 2.05) is 4.72 Å². The van der Waals surface area contributed by atoms with Gasteiger partial charge >= 0.3 is 0 Å². The molecule has 2 N–H and O–H groups in total. The summed E-state index contributed by atoms with van der Waals surface area (Å²) in [5.74, 6) is -0.615. The van der Waals surface area contributed by atoms with E-state index in [0.29, 0.717) is 0 Å². The summed E-state index contributed by atoms with van der Waals surface area (Å²) >= 11 is 0. The molecule has 0 atom stereocenters. The van der Waals surface area contributed by atoms with Gasteiger partial charge < -0.3 is 10.1 Å². The normalized spacial score (nSPS) is 18.7. The first kappa shape index (κ1) is 12.4. The number of carbonyl (C=O) groups is 1. The monoisotopic (exact) mass is 236 g/mol. The predicted molar refractivity (Wildman–Crippen MR) is 54.8 cm³/mol. The summed E-state index contributed by atoms with van der Waals surface area (Å²) in [4.78, 5) is 11.1. The molecule has 1 aliphatic heterocycles. The molecule has 1 amide bonds. The lowest BCUT2D eigenvalue weighted by molar-refractivity contribution is -0.126. The van der Waals surface area contributed by atoms with Crippen LogP contribution in [0.15, 0.2) is 0 Å². The summed E-state index contributed by atoms with van der Waals surface area (Å²) in [6, 6.07) is 0. The minimum absolute atomic E-state index is 0.0524. The average molecular weight is 236 g/mol. The molecule has 0 aromatic heterocycles. The van der Waals surface area contributed by atoms with Crippen molar-refractivity contribution < 1.29 is 17.9 Å². The van der Waals surface area contributed by atoms with Crippen molar-refractivity contribution in [1.82, 2.24) is 10.0 Å². The Morgan fingerprint density at radius 2 is 2.07 bits per heavy atom. The zero-order chi connectivity index (χ0) is 11.3. The van der Waals surface area contributed by atoms with Gasteiger partial charge in [-0.25, -0.2) is 8.42 Å². The van der Waals surface area contributed by atoms with Gasteiger partial charge in [0.25, 0.3) is 5.91 Å². The largest absolute Gasteiger partial charge is 0.368 e. The maximum atomic E-state index is 11.1. The summed E-state index contributed by atoms with van der Waals surface area (Å²) in [7, 11) is -3.47. The van der Waals surface area contributed by atoms with Crippen LogP contribution in [0, 0.1) is 0 Å². The lowest BCUT2D eigenvalue weighted by atomic mass is 10.1. The van der Waals surface area contributed by atoms with Gasteiger partial charge in [0.15, 0.2) is 0 Å². The van der Waals surface area contributed by atoms with E-state index in [1.54, 1.807) is 0 Å². The third kappa shape index (κ3) is 5.71. The number of rotatable bonds is 4. The van der Waals surface area contributed by atoms with E-state index in [2.05, 4.69) is 5.32 Å². The second-order valence-corrected chi connectivity index (χ2v) is 5.31. The summed E-state index contributed by atoms with van der Waals surface area (Å²) < 4.78 is 28.5. The molecular weight excluding hydrogens is 220 g/mol. The quantitative estimate of drug-likeness (QED) is 0.642. The molecule has 1 fully saturated rings. The standard InChI is InChI=1S/C8H16N2O4S/c1-15(12,13)10-8(11)6-14-7-2-4-9-5-3-7/h7,9H,2-6H2,1H3,(H,10,11). The molecule has 0 spiro atoms. The van der Waals surface area contributed by atoms with Gasteiger partial charge in [-0.2, -0.15) is 0 Å². The molecule has 15 heavy (non-hydrogen) atoms. The highest BCUT2D eigenvalue weighted by molar-refractivity contribution is 7.89. The molecule has 7 heteroatoms. The SMILES string of the molecule is CS(=O)(=O)NC(=O)COC1CCNCC1. The highest BCUT2D eigenvalue weighted by Crippen LogP contribution is 2.06. The number of carbonyl (C=O) groups excluding carboxylic acids is 1. The summed E-state index contributed by atoms with van der Waals surface area (Å²) in [6.45, 7) is 1.55. The van der Waals surface area contributed by atoms with Crippen LogP contribution in [-0.4, -0.2) is 46.4 Å². The Morgan fingerprint density at radius 1 is 1.47 bits per heavy atom. The van der Waals surface area contributed by atoms with E-state index in [9.17, 15) is 13.2 Å². The van der Waals surface area contributed by atoms with Gasteiger partial charge in [-0.05, 0) is 25.9 Å². The first-order valence-corrected chi connectivity index (χ1v) is 6.69. The van der Waals surface area contributed by atoms with Gasteiger partial charge in [-0.15, -0.1) is 0 Å². The van der Waals surface area contributed by atoms with Gasteiger partial charge in [0.05, 0.1) is 12.4 Å². The van der Waals surface area contributed by atoms with Crippen LogP contribution >= 0.6 is 0 Å². The Kier molecular flexibility index (Phi) is 4.49. The fourth-order valence-electron chi connectivity index (χ4n) is 1.39. The molecule has 88 valence electrons. The molecule has 6 nitrogen and oxygen atoms in total. The Labute approximate surface area is 89.4 Å². The maximum Gasteiger partial charge on any atom is 0.259 e. The van der Waals surface area contributed by atoms with Crippen molar-refractivity contribution in [1.29, 1.82) is 0 Å². The minimum Gasteiger partial charge on any atom is -0.368 e. The molecule has 1 aliphatic rings. The Hall–Kier alpha value is -0.660. The number of hydrogen-bond donors (Lipinski definition) is 2. The Balaban J connectivity index is 2.21.